The molecule has 3 rings (SSSR count). The van der Waals surface area contributed by atoms with Gasteiger partial charge in [-0.1, -0.05) is 35.9 Å². The summed E-state index contributed by atoms with van der Waals surface area (Å²) in [6.45, 7) is 0. The van der Waals surface area contributed by atoms with Crippen LogP contribution in [0.4, 0.5) is 8.78 Å². The van der Waals surface area contributed by atoms with Gasteiger partial charge in [-0.15, -0.1) is 0 Å². The van der Waals surface area contributed by atoms with E-state index in [2.05, 4.69) is 43.3 Å². The van der Waals surface area contributed by atoms with Crippen molar-refractivity contribution < 1.29 is 8.78 Å². The zero-order chi connectivity index (χ0) is 17.8. The second-order valence-corrected chi connectivity index (χ2v) is 7.07. The van der Waals surface area contributed by atoms with Crippen LogP contribution in [0.1, 0.15) is 42.9 Å². The largest absolute Gasteiger partial charge is 0.299 e. The Bertz CT molecular complexity index is 730. The molecule has 0 bridgehead atoms. The summed E-state index contributed by atoms with van der Waals surface area (Å²) in [6, 6.07) is 14.5. The smallest absolute Gasteiger partial charge is 0.126 e. The Morgan fingerprint density at radius 2 is 1.56 bits per heavy atom. The molecular formula is C22H25F2N. The average Bonchev–Trinajstić information content (AvgIpc) is 2.56. The fourth-order valence-corrected chi connectivity index (χ4v) is 3.93. The van der Waals surface area contributed by atoms with E-state index < -0.39 is 11.6 Å². The molecule has 0 amide bonds. The number of halogens is 2. The van der Waals surface area contributed by atoms with Gasteiger partial charge in [0, 0.05) is 6.07 Å². The summed E-state index contributed by atoms with van der Waals surface area (Å²) in [7, 11) is 4.19. The van der Waals surface area contributed by atoms with Crippen molar-refractivity contribution in [2.24, 2.45) is 0 Å². The van der Waals surface area contributed by atoms with Crippen molar-refractivity contribution in [3.63, 3.8) is 0 Å². The molecule has 2 aromatic carbocycles. The Balaban J connectivity index is 1.99. The molecule has 2 aromatic rings. The summed E-state index contributed by atoms with van der Waals surface area (Å²) >= 11 is 0. The van der Waals surface area contributed by atoms with Crippen LogP contribution in [0.2, 0.25) is 0 Å². The van der Waals surface area contributed by atoms with Gasteiger partial charge >= 0.3 is 0 Å². The topological polar surface area (TPSA) is 3.24 Å². The molecule has 1 atom stereocenters. The summed E-state index contributed by atoms with van der Waals surface area (Å²) in [6.07, 6.45) is 5.00. The molecule has 0 aromatic heterocycles. The summed E-state index contributed by atoms with van der Waals surface area (Å²) in [5, 5.41) is 0. The number of benzene rings is 2. The highest BCUT2D eigenvalue weighted by Gasteiger charge is 2.24. The van der Waals surface area contributed by atoms with Crippen LogP contribution in [0.15, 0.2) is 59.7 Å². The lowest BCUT2D eigenvalue weighted by Crippen LogP contribution is -2.24. The first kappa shape index (κ1) is 17.8. The number of hydrogen-bond donors (Lipinski definition) is 0. The fourth-order valence-electron chi connectivity index (χ4n) is 3.93. The zero-order valence-electron chi connectivity index (χ0n) is 14.9. The Hall–Kier alpha value is -2.00. The molecule has 3 heteroatoms. The summed E-state index contributed by atoms with van der Waals surface area (Å²) in [4.78, 5) is 2.24. The Morgan fingerprint density at radius 1 is 0.920 bits per heavy atom. The summed E-state index contributed by atoms with van der Waals surface area (Å²) in [5.41, 5.74) is 4.73. The van der Waals surface area contributed by atoms with E-state index in [1.165, 1.54) is 35.3 Å². The average molecular weight is 341 g/mol. The van der Waals surface area contributed by atoms with Crippen LogP contribution >= 0.6 is 0 Å². The Kier molecular flexibility index (Phi) is 5.64. The van der Waals surface area contributed by atoms with Crippen molar-refractivity contribution in [2.75, 3.05) is 14.1 Å². The lowest BCUT2D eigenvalue weighted by Gasteiger charge is -2.32. The minimum Gasteiger partial charge on any atom is -0.299 e. The van der Waals surface area contributed by atoms with Gasteiger partial charge in [-0.2, -0.15) is 0 Å². The second-order valence-electron chi connectivity index (χ2n) is 7.07. The van der Waals surface area contributed by atoms with Gasteiger partial charge in [0.05, 0.1) is 6.04 Å². The van der Waals surface area contributed by atoms with Gasteiger partial charge in [-0.05, 0) is 75.0 Å². The van der Waals surface area contributed by atoms with Gasteiger partial charge in [0.15, 0.2) is 0 Å². The van der Waals surface area contributed by atoms with E-state index in [0.717, 1.165) is 30.9 Å². The van der Waals surface area contributed by atoms with E-state index in [0.29, 0.717) is 6.42 Å². The van der Waals surface area contributed by atoms with Crippen molar-refractivity contribution in [3.8, 4) is 0 Å². The quantitative estimate of drug-likeness (QED) is 0.632. The maximum atomic E-state index is 13.6. The molecule has 1 aliphatic carbocycles. The van der Waals surface area contributed by atoms with Crippen molar-refractivity contribution in [2.45, 2.75) is 38.1 Å². The molecule has 25 heavy (non-hydrogen) atoms. The molecule has 0 aliphatic heterocycles. The lowest BCUT2D eigenvalue weighted by molar-refractivity contribution is 0.323. The zero-order valence-corrected chi connectivity index (χ0v) is 14.9. The molecule has 1 nitrogen and oxygen atoms in total. The number of rotatable bonds is 5. The highest BCUT2D eigenvalue weighted by atomic mass is 19.1. The fraction of sp³-hybridized carbons (Fsp3) is 0.364. The first-order chi connectivity index (χ1) is 12.0. The van der Waals surface area contributed by atoms with E-state index in [-0.39, 0.29) is 6.04 Å². The molecule has 0 saturated heterocycles. The van der Waals surface area contributed by atoms with Gasteiger partial charge in [-0.3, -0.25) is 4.90 Å². The minimum atomic E-state index is -0.500. The standard InChI is InChI=1S/C22H25F2N/c1-25(2)22(17-8-4-3-5-9-17)21-11-7-6-10-18(21)12-16-13-19(23)15-20(24)14-16/h3-5,8-9,13-15,22H,6-7,10-12H2,1-2H3. The Labute approximate surface area is 149 Å². The maximum Gasteiger partial charge on any atom is 0.126 e. The lowest BCUT2D eigenvalue weighted by atomic mass is 9.82. The molecule has 132 valence electrons. The first-order valence-electron chi connectivity index (χ1n) is 8.91. The number of hydrogen-bond acceptors (Lipinski definition) is 1. The van der Waals surface area contributed by atoms with Crippen LogP contribution in [-0.4, -0.2) is 19.0 Å². The van der Waals surface area contributed by atoms with E-state index in [4.69, 9.17) is 0 Å². The van der Waals surface area contributed by atoms with Crippen molar-refractivity contribution in [1.82, 2.24) is 4.90 Å². The minimum absolute atomic E-state index is 0.218. The van der Waals surface area contributed by atoms with E-state index in [1.807, 2.05) is 6.07 Å². The predicted molar refractivity (Wildman–Crippen MR) is 98.4 cm³/mol. The predicted octanol–water partition coefficient (Wildman–Crippen LogP) is 5.68. The molecule has 0 fully saturated rings. The van der Waals surface area contributed by atoms with Crippen LogP contribution in [0.3, 0.4) is 0 Å². The highest BCUT2D eigenvalue weighted by Crippen LogP contribution is 2.38. The van der Waals surface area contributed by atoms with E-state index >= 15 is 0 Å². The van der Waals surface area contributed by atoms with Gasteiger partial charge in [0.2, 0.25) is 0 Å². The molecule has 0 spiro atoms. The second kappa shape index (κ2) is 7.92. The molecule has 0 saturated carbocycles. The monoisotopic (exact) mass is 341 g/mol. The maximum absolute atomic E-state index is 13.6. The summed E-state index contributed by atoms with van der Waals surface area (Å²) < 4.78 is 27.1. The third kappa shape index (κ3) is 4.35. The molecule has 1 unspecified atom stereocenters. The van der Waals surface area contributed by atoms with E-state index in [1.54, 1.807) is 0 Å². The van der Waals surface area contributed by atoms with Crippen LogP contribution in [0, 0.1) is 11.6 Å². The third-order valence-corrected chi connectivity index (χ3v) is 4.93. The molecule has 0 N–H and O–H groups in total. The number of nitrogens with zero attached hydrogens (tertiary/aromatic N) is 1. The normalized spacial score (nSPS) is 16.4. The number of likely N-dealkylation sites (N-methyl/N-ethyl adjacent to an activating group) is 1. The van der Waals surface area contributed by atoms with E-state index in [9.17, 15) is 8.78 Å². The van der Waals surface area contributed by atoms with Crippen LogP contribution in [0.25, 0.3) is 0 Å². The van der Waals surface area contributed by atoms with Gasteiger partial charge in [-0.25, -0.2) is 8.78 Å². The molecule has 1 aliphatic rings. The Morgan fingerprint density at radius 3 is 2.20 bits per heavy atom. The molecule has 0 radical (unpaired) electrons. The van der Waals surface area contributed by atoms with Crippen molar-refractivity contribution in [3.05, 3.63) is 82.4 Å². The van der Waals surface area contributed by atoms with Crippen LogP contribution < -0.4 is 0 Å². The van der Waals surface area contributed by atoms with Gasteiger partial charge < -0.3 is 0 Å². The SMILES string of the molecule is CN(C)C(C1=C(Cc2cc(F)cc(F)c2)CCCC1)c1ccccc1. The number of allylic oxidation sites excluding steroid dienone is 1. The molecular weight excluding hydrogens is 316 g/mol. The van der Waals surface area contributed by atoms with Gasteiger partial charge in [0.25, 0.3) is 0 Å². The third-order valence-electron chi connectivity index (χ3n) is 4.93. The van der Waals surface area contributed by atoms with Crippen molar-refractivity contribution >= 4 is 0 Å². The summed E-state index contributed by atoms with van der Waals surface area (Å²) in [5.74, 6) is -1.000. The molecule has 0 heterocycles. The first-order valence-corrected chi connectivity index (χ1v) is 8.91. The van der Waals surface area contributed by atoms with Crippen LogP contribution in [0.5, 0.6) is 0 Å². The highest BCUT2D eigenvalue weighted by molar-refractivity contribution is 5.35. The van der Waals surface area contributed by atoms with Crippen molar-refractivity contribution in [1.29, 1.82) is 0 Å². The van der Waals surface area contributed by atoms with Crippen LogP contribution in [-0.2, 0) is 6.42 Å². The van der Waals surface area contributed by atoms with Gasteiger partial charge in [0.1, 0.15) is 11.6 Å².